The van der Waals surface area contributed by atoms with E-state index < -0.39 is 12.1 Å². The van der Waals surface area contributed by atoms with Gasteiger partial charge in [0.25, 0.3) is 0 Å². The highest BCUT2D eigenvalue weighted by molar-refractivity contribution is 5.94. The largest absolute Gasteiger partial charge is 0.471 e. The van der Waals surface area contributed by atoms with Gasteiger partial charge in [-0.25, -0.2) is 0 Å². The molecule has 100 valence electrons. The number of carbonyl (C=O) groups excluding carboxylic acids is 1. The molecule has 18 heavy (non-hydrogen) atoms. The van der Waals surface area contributed by atoms with Crippen molar-refractivity contribution in [1.82, 2.24) is 0 Å². The van der Waals surface area contributed by atoms with E-state index in [0.29, 0.717) is 0 Å². The number of alkyl halides is 3. The summed E-state index contributed by atoms with van der Waals surface area (Å²) in [4.78, 5) is 10.8. The molecule has 0 aliphatic heterocycles. The Morgan fingerprint density at radius 1 is 1.28 bits per heavy atom. The standard InChI is InChI=1S/C13H16F3NO/c1-2-3-4-6-10-7-5-8-11(9-10)17-12(18)13(14,15)16/h5,7-9H,2-4,6H2,1H3,(H,17,18). The lowest BCUT2D eigenvalue weighted by Gasteiger charge is -2.09. The second-order valence-electron chi connectivity index (χ2n) is 4.11. The van der Waals surface area contributed by atoms with Gasteiger partial charge < -0.3 is 5.32 Å². The number of hydrogen-bond donors (Lipinski definition) is 1. The van der Waals surface area contributed by atoms with Crippen LogP contribution in [0.3, 0.4) is 0 Å². The maximum Gasteiger partial charge on any atom is 0.471 e. The van der Waals surface area contributed by atoms with Crippen molar-refractivity contribution in [2.75, 3.05) is 5.32 Å². The van der Waals surface area contributed by atoms with Gasteiger partial charge in [0, 0.05) is 5.69 Å². The van der Waals surface area contributed by atoms with Crippen molar-refractivity contribution in [2.24, 2.45) is 0 Å². The average Bonchev–Trinajstić information content (AvgIpc) is 2.28. The van der Waals surface area contributed by atoms with Crippen molar-refractivity contribution in [3.05, 3.63) is 29.8 Å². The summed E-state index contributed by atoms with van der Waals surface area (Å²) >= 11 is 0. The van der Waals surface area contributed by atoms with E-state index in [1.165, 1.54) is 6.07 Å². The number of nitrogens with one attached hydrogen (secondary N) is 1. The maximum atomic E-state index is 12.1. The number of aryl methyl sites for hydroxylation is 1. The number of benzene rings is 1. The number of halogens is 3. The molecule has 0 fully saturated rings. The summed E-state index contributed by atoms with van der Waals surface area (Å²) in [6, 6.07) is 6.53. The van der Waals surface area contributed by atoms with E-state index in [4.69, 9.17) is 0 Å². The number of amides is 1. The fraction of sp³-hybridized carbons (Fsp3) is 0.462. The predicted octanol–water partition coefficient (Wildman–Crippen LogP) is 3.92. The Bertz CT molecular complexity index is 401. The molecule has 0 bridgehead atoms. The Kier molecular flexibility index (Phi) is 5.19. The van der Waals surface area contributed by atoms with Gasteiger partial charge in [-0.1, -0.05) is 31.9 Å². The second-order valence-corrected chi connectivity index (χ2v) is 4.11. The number of unbranched alkanes of at least 4 members (excludes halogenated alkanes) is 2. The molecule has 0 atom stereocenters. The van der Waals surface area contributed by atoms with Crippen molar-refractivity contribution < 1.29 is 18.0 Å². The zero-order valence-corrected chi connectivity index (χ0v) is 10.2. The number of rotatable bonds is 5. The highest BCUT2D eigenvalue weighted by atomic mass is 19.4. The summed E-state index contributed by atoms with van der Waals surface area (Å²) in [6.07, 6.45) is -0.876. The zero-order chi connectivity index (χ0) is 13.6. The molecule has 5 heteroatoms. The van der Waals surface area contributed by atoms with Gasteiger partial charge >= 0.3 is 12.1 Å². The SMILES string of the molecule is CCCCCc1cccc(NC(=O)C(F)(F)F)c1. The van der Waals surface area contributed by atoms with E-state index in [0.717, 1.165) is 31.2 Å². The fourth-order valence-electron chi connectivity index (χ4n) is 1.59. The molecule has 1 rings (SSSR count). The van der Waals surface area contributed by atoms with Crippen LogP contribution in [0.5, 0.6) is 0 Å². The Hall–Kier alpha value is -1.52. The molecule has 0 saturated heterocycles. The van der Waals surface area contributed by atoms with E-state index in [-0.39, 0.29) is 5.69 Å². The first-order chi connectivity index (χ1) is 8.43. The van der Waals surface area contributed by atoms with Crippen LogP contribution in [0, 0.1) is 0 Å². The molecule has 0 heterocycles. The summed E-state index contributed by atoms with van der Waals surface area (Å²) < 4.78 is 36.2. The quantitative estimate of drug-likeness (QED) is 0.798. The van der Waals surface area contributed by atoms with E-state index >= 15 is 0 Å². The van der Waals surface area contributed by atoms with Crippen LogP contribution in [0.4, 0.5) is 18.9 Å². The number of carbonyl (C=O) groups is 1. The van der Waals surface area contributed by atoms with Gasteiger partial charge in [-0.2, -0.15) is 13.2 Å². The summed E-state index contributed by atoms with van der Waals surface area (Å²) in [6.45, 7) is 2.08. The third-order valence-electron chi connectivity index (χ3n) is 2.51. The smallest absolute Gasteiger partial charge is 0.318 e. The molecular formula is C13H16F3NO. The van der Waals surface area contributed by atoms with Crippen LogP contribution in [-0.2, 0) is 11.2 Å². The Morgan fingerprint density at radius 3 is 2.61 bits per heavy atom. The molecule has 0 radical (unpaired) electrons. The van der Waals surface area contributed by atoms with Crippen molar-refractivity contribution in [3.8, 4) is 0 Å². The molecule has 1 amide bonds. The summed E-state index contributed by atoms with van der Waals surface area (Å²) in [5.41, 5.74) is 1.12. The average molecular weight is 259 g/mol. The van der Waals surface area contributed by atoms with Crippen molar-refractivity contribution >= 4 is 11.6 Å². The van der Waals surface area contributed by atoms with Crippen LogP contribution in [0.25, 0.3) is 0 Å². The Balaban J connectivity index is 2.62. The highest BCUT2D eigenvalue weighted by Crippen LogP contribution is 2.19. The molecule has 0 aromatic heterocycles. The minimum Gasteiger partial charge on any atom is -0.318 e. The topological polar surface area (TPSA) is 29.1 Å². The maximum absolute atomic E-state index is 12.1. The fourth-order valence-corrected chi connectivity index (χ4v) is 1.59. The van der Waals surface area contributed by atoms with Crippen LogP contribution in [0.15, 0.2) is 24.3 Å². The molecule has 0 aliphatic rings. The van der Waals surface area contributed by atoms with E-state index in [9.17, 15) is 18.0 Å². The van der Waals surface area contributed by atoms with Gasteiger partial charge in [0.15, 0.2) is 0 Å². The minimum atomic E-state index is -4.85. The third kappa shape index (κ3) is 4.77. The van der Waals surface area contributed by atoms with Crippen LogP contribution in [0.2, 0.25) is 0 Å². The molecule has 0 aliphatic carbocycles. The third-order valence-corrected chi connectivity index (χ3v) is 2.51. The molecule has 1 N–H and O–H groups in total. The van der Waals surface area contributed by atoms with Gasteiger partial charge in [-0.05, 0) is 30.5 Å². The van der Waals surface area contributed by atoms with Crippen LogP contribution >= 0.6 is 0 Å². The van der Waals surface area contributed by atoms with Crippen LogP contribution in [-0.4, -0.2) is 12.1 Å². The molecule has 2 nitrogen and oxygen atoms in total. The van der Waals surface area contributed by atoms with E-state index in [2.05, 4.69) is 6.92 Å². The summed E-state index contributed by atoms with van der Waals surface area (Å²) in [5, 5.41) is 1.85. The van der Waals surface area contributed by atoms with Gasteiger partial charge in [-0.3, -0.25) is 4.79 Å². The summed E-state index contributed by atoms with van der Waals surface area (Å²) in [5.74, 6) is -1.94. The monoisotopic (exact) mass is 259 g/mol. The number of hydrogen-bond acceptors (Lipinski definition) is 1. The van der Waals surface area contributed by atoms with Gasteiger partial charge in [0.2, 0.25) is 0 Å². The highest BCUT2D eigenvalue weighted by Gasteiger charge is 2.38. The first-order valence-corrected chi connectivity index (χ1v) is 5.90. The zero-order valence-electron chi connectivity index (χ0n) is 10.2. The first kappa shape index (κ1) is 14.5. The molecule has 0 unspecified atom stereocenters. The van der Waals surface area contributed by atoms with Crippen molar-refractivity contribution in [3.63, 3.8) is 0 Å². The normalized spacial score (nSPS) is 11.3. The Morgan fingerprint density at radius 2 is 2.00 bits per heavy atom. The lowest BCUT2D eigenvalue weighted by molar-refractivity contribution is -0.167. The first-order valence-electron chi connectivity index (χ1n) is 5.90. The lowest BCUT2D eigenvalue weighted by Crippen LogP contribution is -2.29. The van der Waals surface area contributed by atoms with Crippen molar-refractivity contribution in [2.45, 2.75) is 38.8 Å². The minimum absolute atomic E-state index is 0.186. The molecule has 1 aromatic carbocycles. The van der Waals surface area contributed by atoms with E-state index in [1.54, 1.807) is 12.1 Å². The predicted molar refractivity (Wildman–Crippen MR) is 64.4 cm³/mol. The lowest BCUT2D eigenvalue weighted by atomic mass is 10.1. The number of anilines is 1. The van der Waals surface area contributed by atoms with Gasteiger partial charge in [0.1, 0.15) is 0 Å². The van der Waals surface area contributed by atoms with Crippen molar-refractivity contribution in [1.29, 1.82) is 0 Å². The Labute approximate surface area is 104 Å². The second kappa shape index (κ2) is 6.42. The van der Waals surface area contributed by atoms with E-state index in [1.807, 2.05) is 11.4 Å². The molecule has 0 saturated carbocycles. The van der Waals surface area contributed by atoms with Crippen LogP contribution in [0.1, 0.15) is 31.7 Å². The van der Waals surface area contributed by atoms with Gasteiger partial charge in [0.05, 0.1) is 0 Å². The summed E-state index contributed by atoms with van der Waals surface area (Å²) in [7, 11) is 0. The van der Waals surface area contributed by atoms with Crippen LogP contribution < -0.4 is 5.32 Å². The molecular weight excluding hydrogens is 243 g/mol. The molecule has 1 aromatic rings. The molecule has 0 spiro atoms. The van der Waals surface area contributed by atoms with Gasteiger partial charge in [-0.15, -0.1) is 0 Å².